The first-order chi connectivity index (χ1) is 10.5. The summed E-state index contributed by atoms with van der Waals surface area (Å²) in [5.74, 6) is 1.83. The lowest BCUT2D eigenvalue weighted by molar-refractivity contribution is -0.131. The minimum atomic E-state index is 0.170. The molecular formula is C18H28N2O2. The Kier molecular flexibility index (Phi) is 5.83. The number of hydrogen-bond acceptors (Lipinski definition) is 3. The molecule has 1 fully saturated rings. The maximum absolute atomic E-state index is 12.3. The van der Waals surface area contributed by atoms with Gasteiger partial charge in [-0.2, -0.15) is 0 Å². The predicted octanol–water partition coefficient (Wildman–Crippen LogP) is 2.77. The Bertz CT molecular complexity index is 482. The third-order valence-corrected chi connectivity index (χ3v) is 4.46. The van der Waals surface area contributed by atoms with Gasteiger partial charge >= 0.3 is 0 Å². The second-order valence-electron chi connectivity index (χ2n) is 6.32. The Morgan fingerprint density at radius 1 is 1.27 bits per heavy atom. The maximum atomic E-state index is 12.3. The van der Waals surface area contributed by atoms with Crippen molar-refractivity contribution in [3.05, 3.63) is 29.8 Å². The van der Waals surface area contributed by atoms with Crippen LogP contribution >= 0.6 is 0 Å². The van der Waals surface area contributed by atoms with Crippen LogP contribution < -0.4 is 4.74 Å². The summed E-state index contributed by atoms with van der Waals surface area (Å²) in [6.07, 6.45) is 2.61. The van der Waals surface area contributed by atoms with Crippen molar-refractivity contribution in [2.24, 2.45) is 5.92 Å². The molecule has 1 amide bonds. The van der Waals surface area contributed by atoms with E-state index in [0.29, 0.717) is 25.7 Å². The van der Waals surface area contributed by atoms with Gasteiger partial charge in [0.25, 0.3) is 0 Å². The number of nitrogens with zero attached hydrogens (tertiary/aromatic N) is 2. The fourth-order valence-corrected chi connectivity index (χ4v) is 2.64. The molecule has 1 aliphatic rings. The average Bonchev–Trinajstić information content (AvgIpc) is 3.33. The topological polar surface area (TPSA) is 32.8 Å². The van der Waals surface area contributed by atoms with Gasteiger partial charge in [0.1, 0.15) is 5.75 Å². The normalized spacial score (nSPS) is 15.7. The molecule has 2 rings (SSSR count). The fourth-order valence-electron chi connectivity index (χ4n) is 2.64. The third kappa shape index (κ3) is 4.73. The van der Waals surface area contributed by atoms with E-state index < -0.39 is 0 Å². The SMILES string of the molecule is CCOc1ccc(CN(C)C(=O)CN(C)C(C)C2CC2)cc1. The highest BCUT2D eigenvalue weighted by atomic mass is 16.5. The molecule has 0 aliphatic heterocycles. The van der Waals surface area contributed by atoms with Crippen LogP contribution in [0.5, 0.6) is 5.75 Å². The van der Waals surface area contributed by atoms with Gasteiger partial charge in [0, 0.05) is 19.6 Å². The number of ether oxygens (including phenoxy) is 1. The number of likely N-dealkylation sites (N-methyl/N-ethyl adjacent to an activating group) is 2. The van der Waals surface area contributed by atoms with E-state index in [-0.39, 0.29) is 5.91 Å². The Hall–Kier alpha value is -1.55. The van der Waals surface area contributed by atoms with Crippen molar-refractivity contribution in [3.63, 3.8) is 0 Å². The summed E-state index contributed by atoms with van der Waals surface area (Å²) >= 11 is 0. The Labute approximate surface area is 134 Å². The molecule has 0 bridgehead atoms. The number of hydrogen-bond donors (Lipinski definition) is 0. The van der Waals surface area contributed by atoms with E-state index in [1.54, 1.807) is 4.90 Å². The zero-order chi connectivity index (χ0) is 16.1. The summed E-state index contributed by atoms with van der Waals surface area (Å²) in [5, 5.41) is 0. The lowest BCUT2D eigenvalue weighted by Crippen LogP contribution is -2.40. The number of carbonyl (C=O) groups is 1. The van der Waals surface area contributed by atoms with Gasteiger partial charge in [-0.15, -0.1) is 0 Å². The molecule has 1 aromatic carbocycles. The molecule has 0 aromatic heterocycles. The van der Waals surface area contributed by atoms with Gasteiger partial charge < -0.3 is 9.64 Å². The predicted molar refractivity (Wildman–Crippen MR) is 88.9 cm³/mol. The number of rotatable bonds is 8. The number of amides is 1. The first kappa shape index (κ1) is 16.8. The first-order valence-electron chi connectivity index (χ1n) is 8.17. The van der Waals surface area contributed by atoms with Crippen LogP contribution in [0.3, 0.4) is 0 Å². The Balaban J connectivity index is 1.82. The van der Waals surface area contributed by atoms with Crippen LogP contribution in [0.25, 0.3) is 0 Å². The van der Waals surface area contributed by atoms with Gasteiger partial charge in [-0.1, -0.05) is 12.1 Å². The van der Waals surface area contributed by atoms with E-state index in [2.05, 4.69) is 11.8 Å². The molecule has 0 N–H and O–H groups in total. The fraction of sp³-hybridized carbons (Fsp3) is 0.611. The van der Waals surface area contributed by atoms with E-state index in [9.17, 15) is 4.79 Å². The molecule has 4 nitrogen and oxygen atoms in total. The third-order valence-electron chi connectivity index (χ3n) is 4.46. The van der Waals surface area contributed by atoms with Crippen LogP contribution in [0.1, 0.15) is 32.3 Å². The molecule has 122 valence electrons. The highest BCUT2D eigenvalue weighted by Crippen LogP contribution is 2.34. The quantitative estimate of drug-likeness (QED) is 0.740. The summed E-state index contributed by atoms with van der Waals surface area (Å²) in [4.78, 5) is 16.3. The van der Waals surface area contributed by atoms with Crippen molar-refractivity contribution in [3.8, 4) is 5.75 Å². The summed E-state index contributed by atoms with van der Waals surface area (Å²) in [6, 6.07) is 8.45. The van der Waals surface area contributed by atoms with Crippen molar-refractivity contribution in [2.75, 3.05) is 27.2 Å². The van der Waals surface area contributed by atoms with Crippen molar-refractivity contribution in [1.29, 1.82) is 0 Å². The van der Waals surface area contributed by atoms with Crippen molar-refractivity contribution < 1.29 is 9.53 Å². The molecule has 1 aliphatic carbocycles. The Morgan fingerprint density at radius 2 is 1.91 bits per heavy atom. The molecular weight excluding hydrogens is 276 g/mol. The summed E-state index contributed by atoms with van der Waals surface area (Å²) < 4.78 is 5.43. The van der Waals surface area contributed by atoms with Crippen LogP contribution in [0.15, 0.2) is 24.3 Å². The standard InChI is InChI=1S/C18H28N2O2/c1-5-22-17-10-6-15(7-11-17)12-20(4)18(21)13-19(3)14(2)16-8-9-16/h6-7,10-11,14,16H,5,8-9,12-13H2,1-4H3. The molecule has 1 unspecified atom stereocenters. The van der Waals surface area contributed by atoms with E-state index in [0.717, 1.165) is 17.2 Å². The molecule has 0 saturated heterocycles. The van der Waals surface area contributed by atoms with Crippen LogP contribution in [0, 0.1) is 5.92 Å². The zero-order valence-corrected chi connectivity index (χ0v) is 14.2. The van der Waals surface area contributed by atoms with Crippen LogP contribution in [0.4, 0.5) is 0 Å². The molecule has 4 heteroatoms. The zero-order valence-electron chi connectivity index (χ0n) is 14.2. The van der Waals surface area contributed by atoms with Gasteiger partial charge in [0.2, 0.25) is 5.91 Å². The van der Waals surface area contributed by atoms with Gasteiger partial charge in [0.15, 0.2) is 0 Å². The van der Waals surface area contributed by atoms with Crippen molar-refractivity contribution >= 4 is 5.91 Å². The summed E-state index contributed by atoms with van der Waals surface area (Å²) in [6.45, 7) is 5.99. The van der Waals surface area contributed by atoms with E-state index in [4.69, 9.17) is 4.74 Å². The van der Waals surface area contributed by atoms with Gasteiger partial charge in [0.05, 0.1) is 13.2 Å². The van der Waals surface area contributed by atoms with Crippen LogP contribution in [0.2, 0.25) is 0 Å². The van der Waals surface area contributed by atoms with E-state index in [1.165, 1.54) is 12.8 Å². The highest BCUT2D eigenvalue weighted by Gasteiger charge is 2.31. The van der Waals surface area contributed by atoms with E-state index in [1.807, 2.05) is 45.3 Å². The van der Waals surface area contributed by atoms with Gasteiger partial charge in [-0.25, -0.2) is 0 Å². The van der Waals surface area contributed by atoms with Crippen LogP contribution in [-0.4, -0.2) is 49.0 Å². The lowest BCUT2D eigenvalue weighted by Gasteiger charge is -2.26. The second kappa shape index (κ2) is 7.63. The molecule has 0 radical (unpaired) electrons. The molecule has 0 spiro atoms. The van der Waals surface area contributed by atoms with Crippen LogP contribution in [-0.2, 0) is 11.3 Å². The monoisotopic (exact) mass is 304 g/mol. The van der Waals surface area contributed by atoms with Crippen molar-refractivity contribution in [1.82, 2.24) is 9.80 Å². The minimum Gasteiger partial charge on any atom is -0.494 e. The first-order valence-corrected chi connectivity index (χ1v) is 8.17. The maximum Gasteiger partial charge on any atom is 0.236 e. The summed E-state index contributed by atoms with van der Waals surface area (Å²) in [7, 11) is 3.92. The van der Waals surface area contributed by atoms with Gasteiger partial charge in [-0.3, -0.25) is 9.69 Å². The molecule has 1 aromatic rings. The number of carbonyl (C=O) groups excluding carboxylic acids is 1. The molecule has 1 atom stereocenters. The molecule has 1 saturated carbocycles. The molecule has 22 heavy (non-hydrogen) atoms. The molecule has 0 heterocycles. The van der Waals surface area contributed by atoms with Crippen molar-refractivity contribution in [2.45, 2.75) is 39.3 Å². The largest absolute Gasteiger partial charge is 0.494 e. The smallest absolute Gasteiger partial charge is 0.236 e. The second-order valence-corrected chi connectivity index (χ2v) is 6.32. The van der Waals surface area contributed by atoms with Gasteiger partial charge in [-0.05, 0) is 57.4 Å². The minimum absolute atomic E-state index is 0.170. The highest BCUT2D eigenvalue weighted by molar-refractivity contribution is 5.78. The number of benzene rings is 1. The lowest BCUT2D eigenvalue weighted by atomic mass is 10.2. The average molecular weight is 304 g/mol. The van der Waals surface area contributed by atoms with E-state index >= 15 is 0 Å². The Morgan fingerprint density at radius 3 is 2.45 bits per heavy atom. The summed E-state index contributed by atoms with van der Waals surface area (Å²) in [5.41, 5.74) is 1.12.